The highest BCUT2D eigenvalue weighted by Crippen LogP contribution is 2.29. The number of sulfonamides is 1. The van der Waals surface area contributed by atoms with E-state index in [1.54, 1.807) is 37.3 Å². The summed E-state index contributed by atoms with van der Waals surface area (Å²) >= 11 is 19.0. The van der Waals surface area contributed by atoms with E-state index >= 15 is 0 Å². The van der Waals surface area contributed by atoms with Crippen molar-refractivity contribution >= 4 is 62.3 Å². The monoisotopic (exact) mass is 561 g/mol. The average molecular weight is 563 g/mol. The van der Waals surface area contributed by atoms with Crippen molar-refractivity contribution in [1.29, 1.82) is 0 Å². The molecular formula is C24H30Cl3N3O4S. The van der Waals surface area contributed by atoms with E-state index in [0.717, 1.165) is 10.6 Å². The number of carbonyl (C=O) groups excluding carboxylic acids is 2. The second-order valence-corrected chi connectivity index (χ2v) is 12.2. The number of nitrogens with one attached hydrogen (secondary N) is 1. The maximum Gasteiger partial charge on any atom is 0.244 e. The fourth-order valence-electron chi connectivity index (χ4n) is 3.47. The van der Waals surface area contributed by atoms with Gasteiger partial charge in [-0.1, -0.05) is 59.9 Å². The van der Waals surface area contributed by atoms with E-state index < -0.39 is 34.1 Å². The van der Waals surface area contributed by atoms with Crippen LogP contribution in [0, 0.1) is 0 Å². The summed E-state index contributed by atoms with van der Waals surface area (Å²) in [6, 6.07) is 10.4. The third-order valence-corrected chi connectivity index (χ3v) is 7.23. The van der Waals surface area contributed by atoms with Crippen molar-refractivity contribution in [2.24, 2.45) is 0 Å². The molecule has 0 fully saturated rings. The van der Waals surface area contributed by atoms with Gasteiger partial charge in [0, 0.05) is 27.7 Å². The van der Waals surface area contributed by atoms with Crippen molar-refractivity contribution in [3.05, 3.63) is 63.1 Å². The number of halogens is 3. The van der Waals surface area contributed by atoms with Crippen LogP contribution in [0.15, 0.2) is 42.5 Å². The number of amides is 2. The van der Waals surface area contributed by atoms with Crippen molar-refractivity contribution in [2.75, 3.05) is 17.1 Å². The van der Waals surface area contributed by atoms with E-state index in [4.69, 9.17) is 34.8 Å². The maximum atomic E-state index is 13.7. The summed E-state index contributed by atoms with van der Waals surface area (Å²) in [6.45, 7) is 6.60. The Balaban J connectivity index is 2.54. The molecule has 0 heterocycles. The van der Waals surface area contributed by atoms with Gasteiger partial charge >= 0.3 is 0 Å². The molecule has 0 unspecified atom stereocenters. The molecule has 35 heavy (non-hydrogen) atoms. The van der Waals surface area contributed by atoms with Crippen LogP contribution in [0.4, 0.5) is 5.69 Å². The zero-order valence-electron chi connectivity index (χ0n) is 20.3. The van der Waals surface area contributed by atoms with E-state index in [0.29, 0.717) is 15.6 Å². The summed E-state index contributed by atoms with van der Waals surface area (Å²) in [4.78, 5) is 28.2. The lowest BCUT2D eigenvalue weighted by molar-refractivity contribution is -0.141. The van der Waals surface area contributed by atoms with Crippen LogP contribution in [0.5, 0.6) is 0 Å². The van der Waals surface area contributed by atoms with Crippen molar-refractivity contribution < 1.29 is 18.0 Å². The predicted octanol–water partition coefficient (Wildman–Crippen LogP) is 5.13. The van der Waals surface area contributed by atoms with Gasteiger partial charge in [0.15, 0.2) is 0 Å². The second kappa shape index (κ2) is 11.8. The number of hydrogen-bond acceptors (Lipinski definition) is 4. The van der Waals surface area contributed by atoms with Crippen LogP contribution in [0.1, 0.15) is 39.7 Å². The van der Waals surface area contributed by atoms with E-state index in [1.807, 2.05) is 20.8 Å². The number of hydrogen-bond donors (Lipinski definition) is 1. The second-order valence-electron chi connectivity index (χ2n) is 9.11. The Bertz CT molecular complexity index is 1160. The van der Waals surface area contributed by atoms with Gasteiger partial charge in [0.25, 0.3) is 0 Å². The molecule has 0 aliphatic heterocycles. The van der Waals surface area contributed by atoms with Crippen LogP contribution in [0.2, 0.25) is 15.1 Å². The summed E-state index contributed by atoms with van der Waals surface area (Å²) < 4.78 is 26.2. The zero-order chi connectivity index (χ0) is 26.6. The van der Waals surface area contributed by atoms with Crippen LogP contribution in [0.25, 0.3) is 0 Å². The van der Waals surface area contributed by atoms with Gasteiger partial charge in [0.1, 0.15) is 12.6 Å². The normalized spacial score (nSPS) is 12.7. The maximum absolute atomic E-state index is 13.7. The highest BCUT2D eigenvalue weighted by atomic mass is 35.5. The Kier molecular flexibility index (Phi) is 9.87. The summed E-state index contributed by atoms with van der Waals surface area (Å²) in [5.74, 6) is -0.984. The highest BCUT2D eigenvalue weighted by molar-refractivity contribution is 7.92. The molecule has 1 N–H and O–H groups in total. The van der Waals surface area contributed by atoms with Crippen molar-refractivity contribution in [3.63, 3.8) is 0 Å². The lowest BCUT2D eigenvalue weighted by atomic mass is 10.1. The smallest absolute Gasteiger partial charge is 0.244 e. The van der Waals surface area contributed by atoms with Crippen LogP contribution >= 0.6 is 34.8 Å². The third kappa shape index (κ3) is 8.00. The van der Waals surface area contributed by atoms with Crippen LogP contribution in [-0.4, -0.2) is 49.5 Å². The van der Waals surface area contributed by atoms with Gasteiger partial charge in [-0.2, -0.15) is 0 Å². The minimum Gasteiger partial charge on any atom is -0.350 e. The van der Waals surface area contributed by atoms with Gasteiger partial charge in [-0.15, -0.1) is 0 Å². The van der Waals surface area contributed by atoms with Crippen LogP contribution in [-0.2, 0) is 26.2 Å². The number of anilines is 1. The predicted molar refractivity (Wildman–Crippen MR) is 143 cm³/mol. The molecule has 11 heteroatoms. The fourth-order valence-corrected chi connectivity index (χ4v) is 5.14. The lowest BCUT2D eigenvalue weighted by Gasteiger charge is -2.35. The quantitative estimate of drug-likeness (QED) is 0.459. The summed E-state index contributed by atoms with van der Waals surface area (Å²) in [5, 5.41) is 3.72. The van der Waals surface area contributed by atoms with Crippen LogP contribution in [0.3, 0.4) is 0 Å². The Hall–Kier alpha value is -2.00. The minimum atomic E-state index is -3.89. The molecule has 2 rings (SSSR count). The van der Waals surface area contributed by atoms with Gasteiger partial charge < -0.3 is 10.2 Å². The molecule has 7 nitrogen and oxygen atoms in total. The Morgan fingerprint density at radius 2 is 1.51 bits per heavy atom. The first kappa shape index (κ1) is 29.2. The molecule has 2 amide bonds. The average Bonchev–Trinajstić information content (AvgIpc) is 2.72. The molecule has 0 bridgehead atoms. The van der Waals surface area contributed by atoms with Gasteiger partial charge in [0.05, 0.1) is 17.0 Å². The number of para-hydroxylation sites is 1. The summed E-state index contributed by atoms with van der Waals surface area (Å²) in [7, 11) is -3.89. The molecule has 2 aromatic carbocycles. The van der Waals surface area contributed by atoms with E-state index in [9.17, 15) is 18.0 Å². The molecule has 192 valence electrons. The van der Waals surface area contributed by atoms with Crippen molar-refractivity contribution in [1.82, 2.24) is 10.2 Å². The minimum absolute atomic E-state index is 0.0897. The third-order valence-electron chi connectivity index (χ3n) is 5.07. The van der Waals surface area contributed by atoms with E-state index in [1.165, 1.54) is 17.0 Å². The van der Waals surface area contributed by atoms with Gasteiger partial charge in [-0.25, -0.2) is 8.42 Å². The van der Waals surface area contributed by atoms with Gasteiger partial charge in [0.2, 0.25) is 21.8 Å². The molecule has 0 aliphatic rings. The Labute approximate surface area is 222 Å². The SMILES string of the molecule is CC[C@H](C(=O)NC(C)(C)C)N(Cc1c(Cl)cccc1Cl)C(=O)CN(c1ccccc1Cl)S(C)(=O)=O. The molecule has 0 radical (unpaired) electrons. The largest absolute Gasteiger partial charge is 0.350 e. The molecule has 2 aromatic rings. The first-order valence-electron chi connectivity index (χ1n) is 10.9. The Morgan fingerprint density at radius 1 is 0.971 bits per heavy atom. The number of nitrogens with zero attached hydrogens (tertiary/aromatic N) is 2. The molecule has 1 atom stereocenters. The molecule has 0 aromatic heterocycles. The first-order valence-corrected chi connectivity index (χ1v) is 13.9. The Morgan fingerprint density at radius 3 is 2.00 bits per heavy atom. The fraction of sp³-hybridized carbons (Fsp3) is 0.417. The van der Waals surface area contributed by atoms with E-state index in [-0.39, 0.29) is 29.6 Å². The van der Waals surface area contributed by atoms with Gasteiger partial charge in [-0.3, -0.25) is 13.9 Å². The molecule has 0 spiro atoms. The van der Waals surface area contributed by atoms with Crippen LogP contribution < -0.4 is 9.62 Å². The van der Waals surface area contributed by atoms with Crippen molar-refractivity contribution in [2.45, 2.75) is 52.2 Å². The number of rotatable bonds is 9. The summed E-state index contributed by atoms with van der Waals surface area (Å²) in [6.07, 6.45) is 1.27. The van der Waals surface area contributed by atoms with Gasteiger partial charge in [-0.05, 0) is 51.5 Å². The number of carbonyl (C=O) groups is 2. The highest BCUT2D eigenvalue weighted by Gasteiger charge is 2.34. The lowest BCUT2D eigenvalue weighted by Crippen LogP contribution is -2.55. The van der Waals surface area contributed by atoms with Crippen molar-refractivity contribution in [3.8, 4) is 0 Å². The first-order chi connectivity index (χ1) is 16.2. The topological polar surface area (TPSA) is 86.8 Å². The summed E-state index contributed by atoms with van der Waals surface area (Å²) in [5.41, 5.74) is 0.0696. The molecule has 0 saturated carbocycles. The number of benzene rings is 2. The molecular weight excluding hydrogens is 533 g/mol. The molecule has 0 aliphatic carbocycles. The standard InChI is InChI=1S/C24H30Cl3N3O4S/c1-6-20(23(32)28-24(2,3)4)29(14-16-17(25)11-9-12-18(16)26)22(31)15-30(35(5,33)34)21-13-8-7-10-19(21)27/h7-13,20H,6,14-15H2,1-5H3,(H,28,32)/t20-/m1/s1. The van der Waals surface area contributed by atoms with E-state index in [2.05, 4.69) is 5.32 Å². The molecule has 0 saturated heterocycles. The zero-order valence-corrected chi connectivity index (χ0v) is 23.4.